The van der Waals surface area contributed by atoms with Crippen molar-refractivity contribution in [3.05, 3.63) is 63.5 Å². The van der Waals surface area contributed by atoms with Gasteiger partial charge in [-0.25, -0.2) is 0 Å². The van der Waals surface area contributed by atoms with Gasteiger partial charge in [0.15, 0.2) is 5.75 Å². The zero-order valence-corrected chi connectivity index (χ0v) is 13.6. The maximum atomic E-state index is 5.94. The highest BCUT2D eigenvalue weighted by Crippen LogP contribution is 2.38. The molecule has 0 radical (unpaired) electrons. The van der Waals surface area contributed by atoms with E-state index < -0.39 is 0 Å². The number of benzene rings is 3. The van der Waals surface area contributed by atoms with Crippen molar-refractivity contribution in [2.75, 3.05) is 5.73 Å². The van der Waals surface area contributed by atoms with Crippen molar-refractivity contribution in [2.24, 2.45) is 0 Å². The van der Waals surface area contributed by atoms with Crippen molar-refractivity contribution in [3.63, 3.8) is 0 Å². The van der Waals surface area contributed by atoms with Crippen LogP contribution in [0, 0.1) is 0 Å². The van der Waals surface area contributed by atoms with Crippen LogP contribution in [0.15, 0.2) is 63.5 Å². The standard InChI is InChI=1S/C16H11Br2NO/c17-11-6-7-13(19)15(9-11)20-14-8-5-10-3-1-2-4-12(10)16(14)18/h1-9H,19H2. The highest BCUT2D eigenvalue weighted by Gasteiger charge is 2.09. The maximum Gasteiger partial charge on any atom is 0.151 e. The number of hydrogen-bond acceptors (Lipinski definition) is 2. The van der Waals surface area contributed by atoms with E-state index in [-0.39, 0.29) is 0 Å². The van der Waals surface area contributed by atoms with Gasteiger partial charge in [-0.1, -0.05) is 46.3 Å². The molecule has 2 N–H and O–H groups in total. The van der Waals surface area contributed by atoms with E-state index in [2.05, 4.69) is 44.0 Å². The highest BCUT2D eigenvalue weighted by molar-refractivity contribution is 9.11. The van der Waals surface area contributed by atoms with Crippen molar-refractivity contribution in [2.45, 2.75) is 0 Å². The smallest absolute Gasteiger partial charge is 0.151 e. The van der Waals surface area contributed by atoms with Crippen LogP contribution in [-0.2, 0) is 0 Å². The average Bonchev–Trinajstić information content (AvgIpc) is 2.46. The lowest BCUT2D eigenvalue weighted by molar-refractivity contribution is 0.482. The minimum absolute atomic E-state index is 0.605. The van der Waals surface area contributed by atoms with Gasteiger partial charge in [-0.2, -0.15) is 0 Å². The molecule has 0 aliphatic carbocycles. The molecule has 0 atom stereocenters. The number of rotatable bonds is 2. The topological polar surface area (TPSA) is 35.2 Å². The van der Waals surface area contributed by atoms with Gasteiger partial charge in [-0.15, -0.1) is 0 Å². The second kappa shape index (κ2) is 5.46. The Morgan fingerprint density at radius 2 is 1.65 bits per heavy atom. The molecule has 3 aromatic carbocycles. The third-order valence-electron chi connectivity index (χ3n) is 3.02. The fourth-order valence-electron chi connectivity index (χ4n) is 2.01. The number of halogens is 2. The quantitative estimate of drug-likeness (QED) is 0.564. The molecule has 0 unspecified atom stereocenters. The average molecular weight is 393 g/mol. The molecule has 0 aliphatic rings. The second-order valence-corrected chi connectivity index (χ2v) is 6.09. The van der Waals surface area contributed by atoms with Crippen LogP contribution in [0.5, 0.6) is 11.5 Å². The summed E-state index contributed by atoms with van der Waals surface area (Å²) in [5, 5.41) is 2.27. The van der Waals surface area contributed by atoms with Gasteiger partial charge in [0.25, 0.3) is 0 Å². The third kappa shape index (κ3) is 2.53. The Labute approximate surface area is 133 Å². The molecule has 2 nitrogen and oxygen atoms in total. The number of ether oxygens (including phenoxy) is 1. The van der Waals surface area contributed by atoms with Crippen LogP contribution in [0.1, 0.15) is 0 Å². The Kier molecular flexibility index (Phi) is 3.68. The number of nitrogens with two attached hydrogens (primary N) is 1. The monoisotopic (exact) mass is 391 g/mol. The van der Waals surface area contributed by atoms with Crippen molar-refractivity contribution in [3.8, 4) is 11.5 Å². The summed E-state index contributed by atoms with van der Waals surface area (Å²) < 4.78 is 7.78. The molecule has 0 heterocycles. The molecule has 0 bridgehead atoms. The van der Waals surface area contributed by atoms with Gasteiger partial charge in [0.05, 0.1) is 10.2 Å². The van der Waals surface area contributed by atoms with Crippen molar-refractivity contribution >= 4 is 48.3 Å². The summed E-state index contributed by atoms with van der Waals surface area (Å²) in [5.74, 6) is 1.38. The van der Waals surface area contributed by atoms with Crippen LogP contribution in [-0.4, -0.2) is 0 Å². The van der Waals surface area contributed by atoms with Crippen molar-refractivity contribution in [1.29, 1.82) is 0 Å². The minimum Gasteiger partial charge on any atom is -0.454 e. The fourth-order valence-corrected chi connectivity index (χ4v) is 2.92. The summed E-state index contributed by atoms with van der Waals surface area (Å²) in [6.45, 7) is 0. The lowest BCUT2D eigenvalue weighted by Gasteiger charge is -2.12. The van der Waals surface area contributed by atoms with Gasteiger partial charge < -0.3 is 10.5 Å². The Morgan fingerprint density at radius 1 is 0.850 bits per heavy atom. The molecule has 0 aliphatic heterocycles. The first-order valence-corrected chi connectivity index (χ1v) is 7.64. The molecule has 0 aromatic heterocycles. The second-order valence-electron chi connectivity index (χ2n) is 4.38. The molecule has 0 saturated heterocycles. The van der Waals surface area contributed by atoms with E-state index in [1.165, 1.54) is 0 Å². The molecule has 3 rings (SSSR count). The maximum absolute atomic E-state index is 5.94. The van der Waals surface area contributed by atoms with Gasteiger partial charge in [0, 0.05) is 4.47 Å². The van der Waals surface area contributed by atoms with E-state index >= 15 is 0 Å². The van der Waals surface area contributed by atoms with E-state index in [9.17, 15) is 0 Å². The predicted molar refractivity (Wildman–Crippen MR) is 90.3 cm³/mol. The SMILES string of the molecule is Nc1ccc(Br)cc1Oc1ccc2ccccc2c1Br. The molecular formula is C16H11Br2NO. The van der Waals surface area contributed by atoms with Crippen molar-refractivity contribution in [1.82, 2.24) is 0 Å². The van der Waals surface area contributed by atoms with Crippen LogP contribution in [0.2, 0.25) is 0 Å². The number of anilines is 1. The van der Waals surface area contributed by atoms with Crippen molar-refractivity contribution < 1.29 is 4.74 Å². The number of nitrogen functional groups attached to an aromatic ring is 1. The zero-order chi connectivity index (χ0) is 14.1. The Morgan fingerprint density at radius 3 is 2.50 bits per heavy atom. The van der Waals surface area contributed by atoms with E-state index in [0.29, 0.717) is 11.4 Å². The summed E-state index contributed by atoms with van der Waals surface area (Å²) >= 11 is 7.03. The van der Waals surface area contributed by atoms with E-state index in [0.717, 1.165) is 25.5 Å². The summed E-state index contributed by atoms with van der Waals surface area (Å²) in [6, 6.07) is 17.7. The molecule has 20 heavy (non-hydrogen) atoms. The highest BCUT2D eigenvalue weighted by atomic mass is 79.9. The van der Waals surface area contributed by atoms with Crippen LogP contribution in [0.3, 0.4) is 0 Å². The van der Waals surface area contributed by atoms with Gasteiger partial charge >= 0.3 is 0 Å². The van der Waals surface area contributed by atoms with E-state index in [1.807, 2.05) is 42.5 Å². The third-order valence-corrected chi connectivity index (χ3v) is 4.33. The molecule has 0 fully saturated rings. The zero-order valence-electron chi connectivity index (χ0n) is 10.4. The molecule has 4 heteroatoms. The minimum atomic E-state index is 0.605. The fraction of sp³-hybridized carbons (Fsp3) is 0. The largest absolute Gasteiger partial charge is 0.454 e. The van der Waals surface area contributed by atoms with Crippen LogP contribution in [0.25, 0.3) is 10.8 Å². The lowest BCUT2D eigenvalue weighted by Crippen LogP contribution is -1.92. The molecule has 100 valence electrons. The van der Waals surface area contributed by atoms with Crippen LogP contribution >= 0.6 is 31.9 Å². The predicted octanol–water partition coefficient (Wildman–Crippen LogP) is 5.74. The van der Waals surface area contributed by atoms with E-state index in [4.69, 9.17) is 10.5 Å². The molecule has 0 saturated carbocycles. The Balaban J connectivity index is 2.07. The first-order chi connectivity index (χ1) is 9.65. The summed E-state index contributed by atoms with van der Waals surface area (Å²) in [4.78, 5) is 0. The van der Waals surface area contributed by atoms with Gasteiger partial charge in [-0.3, -0.25) is 0 Å². The molecular weight excluding hydrogens is 382 g/mol. The molecule has 0 spiro atoms. The first-order valence-electron chi connectivity index (χ1n) is 6.05. The lowest BCUT2D eigenvalue weighted by atomic mass is 10.1. The van der Waals surface area contributed by atoms with Gasteiger partial charge in [0.2, 0.25) is 0 Å². The number of fused-ring (bicyclic) bond motifs is 1. The normalized spacial score (nSPS) is 10.7. The summed E-state index contributed by atoms with van der Waals surface area (Å²) in [5.41, 5.74) is 6.54. The first kappa shape index (κ1) is 13.5. The molecule has 3 aromatic rings. The molecule has 0 amide bonds. The summed E-state index contributed by atoms with van der Waals surface area (Å²) in [6.07, 6.45) is 0. The Hall–Kier alpha value is -1.52. The number of hydrogen-bond donors (Lipinski definition) is 1. The van der Waals surface area contributed by atoms with Crippen LogP contribution < -0.4 is 10.5 Å². The van der Waals surface area contributed by atoms with E-state index in [1.54, 1.807) is 0 Å². The summed E-state index contributed by atoms with van der Waals surface area (Å²) in [7, 11) is 0. The van der Waals surface area contributed by atoms with Crippen LogP contribution in [0.4, 0.5) is 5.69 Å². The van der Waals surface area contributed by atoms with Gasteiger partial charge in [-0.05, 0) is 51.0 Å². The Bertz CT molecular complexity index is 787. The van der Waals surface area contributed by atoms with Gasteiger partial charge in [0.1, 0.15) is 5.75 Å².